The van der Waals surface area contributed by atoms with Crippen molar-refractivity contribution in [3.8, 4) is 17.2 Å². The molecule has 0 aliphatic rings. The molecule has 0 unspecified atom stereocenters. The Morgan fingerprint density at radius 3 is 2.38 bits per heavy atom. The molecule has 0 saturated carbocycles. The summed E-state index contributed by atoms with van der Waals surface area (Å²) in [6.07, 6.45) is -1.68. The van der Waals surface area contributed by atoms with Gasteiger partial charge in [-0.15, -0.1) is 37.1 Å². The number of ether oxygens (including phenoxy) is 2. The number of aliphatic imine (C=N–C) groups is 1. The fraction of sp³-hybridized carbons (Fsp3) is 0.143. The van der Waals surface area contributed by atoms with Gasteiger partial charge in [0.15, 0.2) is 17.5 Å². The van der Waals surface area contributed by atoms with E-state index in [-0.39, 0.29) is 54.5 Å². The third-order valence-electron chi connectivity index (χ3n) is 3.92. The van der Waals surface area contributed by atoms with Gasteiger partial charge in [0, 0.05) is 12.7 Å². The van der Waals surface area contributed by atoms with Crippen molar-refractivity contribution < 1.29 is 27.0 Å². The maximum Gasteiger partial charge on any atom is 0.573 e. The number of alkyl halides is 3. The normalized spacial score (nSPS) is 11.4. The van der Waals surface area contributed by atoms with Gasteiger partial charge in [0.1, 0.15) is 11.5 Å². The lowest BCUT2D eigenvalue weighted by molar-refractivity contribution is -0.274. The number of nitrogens with two attached hydrogens (primary N) is 1. The van der Waals surface area contributed by atoms with Gasteiger partial charge in [0.25, 0.3) is 0 Å². The third kappa shape index (κ3) is 8.21. The number of halogens is 5. The molecule has 3 aromatic rings. The van der Waals surface area contributed by atoms with Gasteiger partial charge in [-0.1, -0.05) is 18.2 Å². The Hall–Kier alpha value is -3.09. The van der Waals surface area contributed by atoms with Crippen molar-refractivity contribution >= 4 is 29.9 Å². The summed E-state index contributed by atoms with van der Waals surface area (Å²) in [4.78, 5) is 8.02. The highest BCUT2D eigenvalue weighted by Crippen LogP contribution is 2.25. The molecule has 6 nitrogen and oxygen atoms in total. The van der Waals surface area contributed by atoms with Crippen molar-refractivity contribution in [2.45, 2.75) is 19.5 Å². The van der Waals surface area contributed by atoms with Gasteiger partial charge in [-0.2, -0.15) is 0 Å². The highest BCUT2D eigenvalue weighted by atomic mass is 127. The summed E-state index contributed by atoms with van der Waals surface area (Å²) in [6, 6.07) is 13.1. The van der Waals surface area contributed by atoms with Crippen LogP contribution in [0.4, 0.5) is 17.6 Å². The van der Waals surface area contributed by atoms with E-state index in [1.54, 1.807) is 24.4 Å². The predicted octanol–water partition coefficient (Wildman–Crippen LogP) is 5.13. The third-order valence-corrected chi connectivity index (χ3v) is 3.92. The van der Waals surface area contributed by atoms with Gasteiger partial charge in [-0.05, 0) is 47.5 Å². The van der Waals surface area contributed by atoms with E-state index in [0.29, 0.717) is 16.9 Å². The highest BCUT2D eigenvalue weighted by Gasteiger charge is 2.30. The number of nitrogens with one attached hydrogen (secondary N) is 1. The summed E-state index contributed by atoms with van der Waals surface area (Å²) in [5, 5.41) is 2.83. The van der Waals surface area contributed by atoms with Crippen LogP contribution in [0.1, 0.15) is 11.1 Å². The lowest BCUT2D eigenvalue weighted by Gasteiger charge is -2.10. The molecule has 0 spiro atoms. The molecule has 0 aliphatic carbocycles. The fourth-order valence-electron chi connectivity index (χ4n) is 2.49. The van der Waals surface area contributed by atoms with Crippen molar-refractivity contribution in [3.05, 3.63) is 83.9 Å². The van der Waals surface area contributed by atoms with Gasteiger partial charge < -0.3 is 20.5 Å². The Morgan fingerprint density at radius 1 is 1.03 bits per heavy atom. The van der Waals surface area contributed by atoms with Gasteiger partial charge in [0.2, 0.25) is 0 Å². The fourth-order valence-corrected chi connectivity index (χ4v) is 2.49. The van der Waals surface area contributed by atoms with Crippen LogP contribution in [0, 0.1) is 5.82 Å². The van der Waals surface area contributed by atoms with Crippen molar-refractivity contribution in [1.29, 1.82) is 0 Å². The van der Waals surface area contributed by atoms with E-state index >= 15 is 0 Å². The smallest absolute Gasteiger partial charge is 0.453 e. The summed E-state index contributed by atoms with van der Waals surface area (Å²) >= 11 is 0. The summed E-state index contributed by atoms with van der Waals surface area (Å²) < 4.78 is 60.0. The summed E-state index contributed by atoms with van der Waals surface area (Å²) in [5.74, 6) is -0.282. The van der Waals surface area contributed by atoms with Gasteiger partial charge in [-0.3, -0.25) is 4.98 Å². The van der Waals surface area contributed by atoms with Crippen LogP contribution in [0.25, 0.3) is 0 Å². The first-order chi connectivity index (χ1) is 14.8. The molecule has 1 heterocycles. The molecule has 0 aliphatic heterocycles. The van der Waals surface area contributed by atoms with Crippen LogP contribution in [-0.4, -0.2) is 17.3 Å². The molecule has 0 atom stereocenters. The zero-order chi connectivity index (χ0) is 22.3. The molecule has 32 heavy (non-hydrogen) atoms. The monoisotopic (exact) mass is 562 g/mol. The quantitative estimate of drug-likeness (QED) is 0.181. The van der Waals surface area contributed by atoms with Crippen molar-refractivity contribution in [2.24, 2.45) is 10.7 Å². The van der Waals surface area contributed by atoms with E-state index in [4.69, 9.17) is 10.5 Å². The van der Waals surface area contributed by atoms with E-state index < -0.39 is 12.2 Å². The van der Waals surface area contributed by atoms with Crippen molar-refractivity contribution in [3.63, 3.8) is 0 Å². The molecule has 3 rings (SSSR count). The number of nitrogens with zero attached hydrogens (tertiary/aromatic N) is 2. The molecule has 3 N–H and O–H groups in total. The van der Waals surface area contributed by atoms with Crippen LogP contribution >= 0.6 is 24.0 Å². The lowest BCUT2D eigenvalue weighted by Crippen LogP contribution is -2.31. The van der Waals surface area contributed by atoms with Crippen LogP contribution in [-0.2, 0) is 13.1 Å². The Kier molecular flexibility index (Phi) is 9.05. The highest BCUT2D eigenvalue weighted by molar-refractivity contribution is 14.0. The van der Waals surface area contributed by atoms with Gasteiger partial charge >= 0.3 is 6.36 Å². The zero-order valence-corrected chi connectivity index (χ0v) is 18.8. The molecule has 11 heteroatoms. The van der Waals surface area contributed by atoms with Crippen molar-refractivity contribution in [2.75, 3.05) is 0 Å². The lowest BCUT2D eigenvalue weighted by atomic mass is 10.2. The Labute approximate surface area is 198 Å². The number of rotatable bonds is 7. The number of aromatic nitrogens is 1. The van der Waals surface area contributed by atoms with Crippen LogP contribution in [0.15, 0.2) is 72.0 Å². The second-order valence-corrected chi connectivity index (χ2v) is 6.30. The maximum absolute atomic E-state index is 14.2. The van der Waals surface area contributed by atoms with Gasteiger partial charge in [0.05, 0.1) is 12.7 Å². The van der Waals surface area contributed by atoms with E-state index in [2.05, 4.69) is 20.0 Å². The van der Waals surface area contributed by atoms with Crippen LogP contribution < -0.4 is 20.5 Å². The zero-order valence-electron chi connectivity index (χ0n) is 16.5. The number of hydrogen-bond acceptors (Lipinski definition) is 4. The predicted molar refractivity (Wildman–Crippen MR) is 121 cm³/mol. The first-order valence-corrected chi connectivity index (χ1v) is 9.03. The standard InChI is InChI=1S/C21H18F4N4O2.HI/c22-18-10-15(5-8-19(18)30-17-2-1-9-27-13-17)12-29-20(26)28-11-14-3-6-16(7-4-14)31-21(23,24)25;/h1-10,13H,11-12H2,(H3,26,28,29);1H. The average Bonchev–Trinajstić information content (AvgIpc) is 2.73. The molecule has 1 aromatic heterocycles. The molecule has 0 saturated heterocycles. The maximum atomic E-state index is 14.2. The van der Waals surface area contributed by atoms with Crippen LogP contribution in [0.2, 0.25) is 0 Å². The second-order valence-electron chi connectivity index (χ2n) is 6.30. The molecule has 0 amide bonds. The first-order valence-electron chi connectivity index (χ1n) is 9.03. The van der Waals surface area contributed by atoms with E-state index in [1.807, 2.05) is 0 Å². The summed E-state index contributed by atoms with van der Waals surface area (Å²) in [6.45, 7) is 0.370. The minimum atomic E-state index is -4.74. The minimum absolute atomic E-state index is 0. The van der Waals surface area contributed by atoms with E-state index in [9.17, 15) is 17.6 Å². The molecule has 0 bridgehead atoms. The van der Waals surface area contributed by atoms with Crippen LogP contribution in [0.3, 0.4) is 0 Å². The molecule has 2 aromatic carbocycles. The molecular formula is C21H19F4IN4O2. The second kappa shape index (κ2) is 11.5. The summed E-state index contributed by atoms with van der Waals surface area (Å²) in [5.41, 5.74) is 7.05. The van der Waals surface area contributed by atoms with Crippen LogP contribution in [0.5, 0.6) is 17.2 Å². The number of benzene rings is 2. The molecule has 0 fully saturated rings. The van der Waals surface area contributed by atoms with Gasteiger partial charge in [-0.25, -0.2) is 9.38 Å². The average molecular weight is 562 g/mol. The number of guanidine groups is 1. The largest absolute Gasteiger partial charge is 0.573 e. The minimum Gasteiger partial charge on any atom is -0.453 e. The molecule has 170 valence electrons. The number of hydrogen-bond donors (Lipinski definition) is 2. The van der Waals surface area contributed by atoms with E-state index in [0.717, 1.165) is 0 Å². The topological polar surface area (TPSA) is 81.8 Å². The number of pyridine rings is 1. The SMILES string of the molecule is I.NC(=NCc1ccc(Oc2cccnc2)c(F)c1)NCc1ccc(OC(F)(F)F)cc1. The Balaban J connectivity index is 0.00000363. The Morgan fingerprint density at radius 2 is 1.75 bits per heavy atom. The van der Waals surface area contributed by atoms with E-state index in [1.165, 1.54) is 42.6 Å². The Bertz CT molecular complexity index is 1030. The molecular weight excluding hydrogens is 543 g/mol. The molecule has 0 radical (unpaired) electrons. The first kappa shape index (κ1) is 25.2. The van der Waals surface area contributed by atoms with Crippen molar-refractivity contribution in [1.82, 2.24) is 10.3 Å². The summed E-state index contributed by atoms with van der Waals surface area (Å²) in [7, 11) is 0.